The molecule has 2 rings (SSSR count). The molecule has 2 heterocycles. The normalized spacial score (nSPS) is 21.6. The first-order chi connectivity index (χ1) is 6.79. The fourth-order valence-corrected chi connectivity index (χ4v) is 2.59. The van der Waals surface area contributed by atoms with E-state index >= 15 is 0 Å². The second kappa shape index (κ2) is 4.49. The molecule has 0 radical (unpaired) electrons. The van der Waals surface area contributed by atoms with Gasteiger partial charge in [0.2, 0.25) is 0 Å². The first kappa shape index (κ1) is 10.2. The van der Waals surface area contributed by atoms with Crippen LogP contribution in [0.1, 0.15) is 6.42 Å². The van der Waals surface area contributed by atoms with Crippen molar-refractivity contribution in [2.45, 2.75) is 11.7 Å². The molecule has 5 heteroatoms. The van der Waals surface area contributed by atoms with Gasteiger partial charge in [-0.3, -0.25) is 0 Å². The van der Waals surface area contributed by atoms with E-state index in [1.807, 2.05) is 17.8 Å². The minimum Gasteiger partial charge on any atom is -0.355 e. The number of rotatable bonds is 2. The first-order valence-corrected chi connectivity index (χ1v) is 6.63. The van der Waals surface area contributed by atoms with Crippen LogP contribution >= 0.6 is 27.7 Å². The Morgan fingerprint density at radius 3 is 3.07 bits per heavy atom. The molecule has 76 valence electrons. The maximum atomic E-state index is 4.27. The lowest BCUT2D eigenvalue weighted by Gasteiger charge is -2.16. The molecule has 1 aromatic rings. The Balaban J connectivity index is 2.09. The van der Waals surface area contributed by atoms with E-state index in [-0.39, 0.29) is 0 Å². The molecule has 0 aliphatic carbocycles. The van der Waals surface area contributed by atoms with E-state index in [9.17, 15) is 0 Å². The lowest BCUT2D eigenvalue weighted by atomic mass is 10.4. The summed E-state index contributed by atoms with van der Waals surface area (Å²) in [5.74, 6) is 1.03. The fraction of sp³-hybridized carbons (Fsp3) is 0.556. The maximum Gasteiger partial charge on any atom is 0.133 e. The summed E-state index contributed by atoms with van der Waals surface area (Å²) in [4.78, 5) is 10.6. The number of aromatic nitrogens is 2. The topological polar surface area (TPSA) is 29.0 Å². The molecule has 1 unspecified atom stereocenters. The van der Waals surface area contributed by atoms with Crippen molar-refractivity contribution in [1.29, 1.82) is 0 Å². The molecule has 14 heavy (non-hydrogen) atoms. The highest BCUT2D eigenvalue weighted by Gasteiger charge is 2.22. The third-order valence-corrected chi connectivity index (χ3v) is 3.91. The lowest BCUT2D eigenvalue weighted by Crippen LogP contribution is -2.21. The predicted octanol–water partition coefficient (Wildman–Crippen LogP) is 2.18. The molecule has 1 saturated heterocycles. The summed E-state index contributed by atoms with van der Waals surface area (Å²) in [7, 11) is 0. The molecular weight excluding hydrogens is 262 g/mol. The van der Waals surface area contributed by atoms with E-state index in [2.05, 4.69) is 37.1 Å². The van der Waals surface area contributed by atoms with Crippen LogP contribution in [0.2, 0.25) is 0 Å². The van der Waals surface area contributed by atoms with Gasteiger partial charge in [0, 0.05) is 24.4 Å². The molecule has 0 spiro atoms. The first-order valence-electron chi connectivity index (χ1n) is 4.55. The molecule has 0 bridgehead atoms. The van der Waals surface area contributed by atoms with E-state index in [4.69, 9.17) is 0 Å². The SMILES string of the molecule is CSC1CCN(c2cc(Br)ncn2)C1. The van der Waals surface area contributed by atoms with Gasteiger partial charge in [-0.15, -0.1) is 0 Å². The van der Waals surface area contributed by atoms with Crippen molar-refractivity contribution >= 4 is 33.5 Å². The molecule has 1 fully saturated rings. The number of anilines is 1. The summed E-state index contributed by atoms with van der Waals surface area (Å²) in [6.45, 7) is 2.21. The monoisotopic (exact) mass is 273 g/mol. The van der Waals surface area contributed by atoms with Gasteiger partial charge in [0.05, 0.1) is 0 Å². The minimum absolute atomic E-state index is 0.753. The summed E-state index contributed by atoms with van der Waals surface area (Å²) < 4.78 is 0.857. The fourth-order valence-electron chi connectivity index (χ4n) is 1.63. The smallest absolute Gasteiger partial charge is 0.133 e. The maximum absolute atomic E-state index is 4.27. The van der Waals surface area contributed by atoms with Gasteiger partial charge in [-0.25, -0.2) is 9.97 Å². The third-order valence-electron chi connectivity index (χ3n) is 2.42. The van der Waals surface area contributed by atoms with Crippen molar-refractivity contribution < 1.29 is 0 Å². The molecule has 1 atom stereocenters. The Kier molecular flexibility index (Phi) is 3.28. The van der Waals surface area contributed by atoms with E-state index in [0.717, 1.165) is 28.8 Å². The van der Waals surface area contributed by atoms with E-state index < -0.39 is 0 Å². The predicted molar refractivity (Wildman–Crippen MR) is 63.9 cm³/mol. The van der Waals surface area contributed by atoms with Crippen molar-refractivity contribution in [3.8, 4) is 0 Å². The second-order valence-corrected chi connectivity index (χ2v) is 5.24. The van der Waals surface area contributed by atoms with Crippen LogP contribution in [-0.2, 0) is 0 Å². The highest BCUT2D eigenvalue weighted by atomic mass is 79.9. The minimum atomic E-state index is 0.753. The Morgan fingerprint density at radius 2 is 2.43 bits per heavy atom. The van der Waals surface area contributed by atoms with Crippen molar-refractivity contribution in [3.63, 3.8) is 0 Å². The molecule has 3 nitrogen and oxygen atoms in total. The number of halogens is 1. The van der Waals surface area contributed by atoms with Crippen LogP contribution in [-0.4, -0.2) is 34.6 Å². The van der Waals surface area contributed by atoms with Crippen molar-refractivity contribution in [2.75, 3.05) is 24.2 Å². The van der Waals surface area contributed by atoms with E-state index in [1.54, 1.807) is 6.33 Å². The zero-order chi connectivity index (χ0) is 9.97. The highest BCUT2D eigenvalue weighted by molar-refractivity contribution is 9.10. The van der Waals surface area contributed by atoms with Crippen molar-refractivity contribution in [2.24, 2.45) is 0 Å². The van der Waals surface area contributed by atoms with Gasteiger partial charge < -0.3 is 4.90 Å². The van der Waals surface area contributed by atoms with Crippen LogP contribution in [0.25, 0.3) is 0 Å². The molecule has 0 N–H and O–H groups in total. The Labute approximate surface area is 96.4 Å². The van der Waals surface area contributed by atoms with E-state index in [1.165, 1.54) is 6.42 Å². The van der Waals surface area contributed by atoms with Crippen molar-refractivity contribution in [1.82, 2.24) is 9.97 Å². The van der Waals surface area contributed by atoms with Crippen LogP contribution in [0.3, 0.4) is 0 Å². The average Bonchev–Trinajstić information content (AvgIpc) is 2.66. The van der Waals surface area contributed by atoms with Crippen LogP contribution in [0, 0.1) is 0 Å². The molecule has 1 aromatic heterocycles. The summed E-state index contributed by atoms with van der Waals surface area (Å²) in [6.07, 6.45) is 5.03. The van der Waals surface area contributed by atoms with Crippen LogP contribution in [0.15, 0.2) is 17.0 Å². The summed E-state index contributed by atoms with van der Waals surface area (Å²) >= 11 is 5.30. The zero-order valence-electron chi connectivity index (χ0n) is 7.98. The summed E-state index contributed by atoms with van der Waals surface area (Å²) in [5.41, 5.74) is 0. The quantitative estimate of drug-likeness (QED) is 0.773. The Bertz CT molecular complexity index is 321. The molecule has 0 aromatic carbocycles. The second-order valence-electron chi connectivity index (χ2n) is 3.29. The standard InChI is InChI=1S/C9H12BrN3S/c1-14-7-2-3-13(5-7)9-4-8(10)11-6-12-9/h4,6-7H,2-3,5H2,1H3. The van der Waals surface area contributed by atoms with Crippen LogP contribution in [0.4, 0.5) is 5.82 Å². The molecule has 0 saturated carbocycles. The van der Waals surface area contributed by atoms with Gasteiger partial charge in [0.25, 0.3) is 0 Å². The largest absolute Gasteiger partial charge is 0.355 e. The Morgan fingerprint density at radius 1 is 1.57 bits per heavy atom. The molecule has 0 amide bonds. The summed E-state index contributed by atoms with van der Waals surface area (Å²) in [5, 5.41) is 0.753. The molecule has 1 aliphatic rings. The Hall–Kier alpha value is -0.290. The summed E-state index contributed by atoms with van der Waals surface area (Å²) in [6, 6.07) is 1.97. The zero-order valence-corrected chi connectivity index (χ0v) is 10.4. The number of thioether (sulfide) groups is 1. The highest BCUT2D eigenvalue weighted by Crippen LogP contribution is 2.25. The van der Waals surface area contributed by atoms with Crippen molar-refractivity contribution in [3.05, 3.63) is 17.0 Å². The molecular formula is C9H12BrN3S. The third kappa shape index (κ3) is 2.20. The number of nitrogens with zero attached hydrogens (tertiary/aromatic N) is 3. The van der Waals surface area contributed by atoms with Gasteiger partial charge in [-0.05, 0) is 28.6 Å². The average molecular weight is 274 g/mol. The number of hydrogen-bond donors (Lipinski definition) is 0. The number of hydrogen-bond acceptors (Lipinski definition) is 4. The van der Waals surface area contributed by atoms with Gasteiger partial charge in [-0.1, -0.05) is 0 Å². The molecule has 1 aliphatic heterocycles. The van der Waals surface area contributed by atoms with Gasteiger partial charge in [0.15, 0.2) is 0 Å². The van der Waals surface area contributed by atoms with Crippen LogP contribution in [0.5, 0.6) is 0 Å². The van der Waals surface area contributed by atoms with Gasteiger partial charge in [-0.2, -0.15) is 11.8 Å². The van der Waals surface area contributed by atoms with Gasteiger partial charge >= 0.3 is 0 Å². The van der Waals surface area contributed by atoms with E-state index in [0.29, 0.717) is 0 Å². The lowest BCUT2D eigenvalue weighted by molar-refractivity contribution is 0.924. The van der Waals surface area contributed by atoms with Gasteiger partial charge in [0.1, 0.15) is 16.7 Å². The van der Waals surface area contributed by atoms with Crippen LogP contribution < -0.4 is 4.90 Å².